The number of benzene rings is 1. The van der Waals surface area contributed by atoms with E-state index in [1.165, 1.54) is 7.11 Å². The van der Waals surface area contributed by atoms with Crippen LogP contribution in [-0.4, -0.2) is 50.8 Å². The van der Waals surface area contributed by atoms with Gasteiger partial charge in [0.1, 0.15) is 12.4 Å². The number of carbonyl (C=O) groups is 2. The van der Waals surface area contributed by atoms with Crippen LogP contribution in [0.2, 0.25) is 0 Å². The highest BCUT2D eigenvalue weighted by molar-refractivity contribution is 6.16. The average Bonchev–Trinajstić information content (AvgIpc) is 2.91. The Kier molecular flexibility index (Phi) is 7.37. The van der Waals surface area contributed by atoms with Crippen molar-refractivity contribution in [3.8, 4) is 5.75 Å². The number of hydrogen-bond acceptors (Lipinski definition) is 5. The summed E-state index contributed by atoms with van der Waals surface area (Å²) in [6.07, 6.45) is 4.05. The van der Waals surface area contributed by atoms with Gasteiger partial charge in [-0.05, 0) is 37.1 Å². The molecule has 6 heteroatoms. The van der Waals surface area contributed by atoms with Crippen LogP contribution in [0.5, 0.6) is 5.75 Å². The van der Waals surface area contributed by atoms with E-state index < -0.39 is 5.97 Å². The van der Waals surface area contributed by atoms with Crippen molar-refractivity contribution in [3.63, 3.8) is 0 Å². The lowest BCUT2D eigenvalue weighted by atomic mass is 10.0. The fourth-order valence-electron chi connectivity index (χ4n) is 2.85. The van der Waals surface area contributed by atoms with Crippen molar-refractivity contribution in [1.82, 2.24) is 4.90 Å². The summed E-state index contributed by atoms with van der Waals surface area (Å²) in [7, 11) is 2.92. The molecular formula is C21H25NO5. The summed E-state index contributed by atoms with van der Waals surface area (Å²) in [6, 6.07) is 7.27. The van der Waals surface area contributed by atoms with Crippen molar-refractivity contribution in [3.05, 3.63) is 59.3 Å². The molecule has 1 heterocycles. The van der Waals surface area contributed by atoms with E-state index in [-0.39, 0.29) is 5.91 Å². The van der Waals surface area contributed by atoms with Crippen molar-refractivity contribution < 1.29 is 23.8 Å². The van der Waals surface area contributed by atoms with Crippen molar-refractivity contribution in [2.24, 2.45) is 0 Å². The first-order valence-electron chi connectivity index (χ1n) is 8.69. The van der Waals surface area contributed by atoms with Crippen molar-refractivity contribution >= 4 is 18.0 Å². The molecule has 0 radical (unpaired) electrons. The Morgan fingerprint density at radius 2 is 1.93 bits per heavy atom. The second-order valence-electron chi connectivity index (χ2n) is 5.98. The Bertz CT molecular complexity index is 761. The average molecular weight is 371 g/mol. The summed E-state index contributed by atoms with van der Waals surface area (Å²) in [5.41, 5.74) is 2.01. The van der Waals surface area contributed by atoms with Crippen molar-refractivity contribution in [2.45, 2.75) is 13.3 Å². The number of rotatable bonds is 9. The van der Waals surface area contributed by atoms with Crippen LogP contribution in [0.15, 0.2) is 53.8 Å². The second-order valence-corrected chi connectivity index (χ2v) is 5.98. The minimum atomic E-state index is -0.521. The predicted octanol–water partition coefficient (Wildman–Crippen LogP) is 2.96. The van der Waals surface area contributed by atoms with Crippen LogP contribution in [0.1, 0.15) is 18.9 Å². The summed E-state index contributed by atoms with van der Waals surface area (Å²) in [5, 5.41) is 0. The van der Waals surface area contributed by atoms with Crippen LogP contribution in [0.25, 0.3) is 6.08 Å². The van der Waals surface area contributed by atoms with E-state index in [1.54, 1.807) is 43.2 Å². The molecule has 0 N–H and O–H groups in total. The Morgan fingerprint density at radius 1 is 1.22 bits per heavy atom. The minimum Gasteiger partial charge on any atom is -0.490 e. The Balaban J connectivity index is 2.31. The third kappa shape index (κ3) is 4.86. The highest BCUT2D eigenvalue weighted by Crippen LogP contribution is 2.32. The molecule has 27 heavy (non-hydrogen) atoms. The van der Waals surface area contributed by atoms with E-state index in [2.05, 4.69) is 6.58 Å². The normalized spacial score (nSPS) is 15.4. The summed E-state index contributed by atoms with van der Waals surface area (Å²) in [5.74, 6) is -0.0285. The summed E-state index contributed by atoms with van der Waals surface area (Å²) < 4.78 is 15.4. The molecular weight excluding hydrogens is 346 g/mol. The van der Waals surface area contributed by atoms with Gasteiger partial charge < -0.3 is 19.1 Å². The quantitative estimate of drug-likeness (QED) is 0.289. The maximum Gasteiger partial charge on any atom is 0.340 e. The van der Waals surface area contributed by atoms with E-state index in [0.717, 1.165) is 5.56 Å². The first kappa shape index (κ1) is 20.5. The first-order chi connectivity index (χ1) is 13.0. The van der Waals surface area contributed by atoms with Crippen LogP contribution in [0.4, 0.5) is 0 Å². The minimum absolute atomic E-state index is 0.212. The molecule has 1 aliphatic rings. The number of allylic oxidation sites excluding steroid dienone is 1. The Hall–Kier alpha value is -2.86. The van der Waals surface area contributed by atoms with Gasteiger partial charge in [0, 0.05) is 26.0 Å². The molecule has 0 saturated heterocycles. The summed E-state index contributed by atoms with van der Waals surface area (Å²) >= 11 is 0. The maximum absolute atomic E-state index is 12.9. The smallest absolute Gasteiger partial charge is 0.340 e. The van der Waals surface area contributed by atoms with Gasteiger partial charge in [-0.25, -0.2) is 4.79 Å². The molecule has 1 amide bonds. The lowest BCUT2D eigenvalue weighted by Crippen LogP contribution is -2.26. The zero-order valence-corrected chi connectivity index (χ0v) is 16.0. The van der Waals surface area contributed by atoms with Crippen LogP contribution in [-0.2, 0) is 19.1 Å². The molecule has 0 atom stereocenters. The SMILES string of the molecule is C=CCOc1ccc(/C=C2\C(=O)N(CCCOC)C(C)=C2C(=O)OC)cc1. The van der Waals surface area contributed by atoms with Crippen LogP contribution < -0.4 is 4.74 Å². The van der Waals surface area contributed by atoms with Gasteiger partial charge in [0.15, 0.2) is 0 Å². The van der Waals surface area contributed by atoms with Crippen LogP contribution in [0, 0.1) is 0 Å². The number of methoxy groups -OCH3 is 2. The Labute approximate surface area is 159 Å². The molecule has 1 aliphatic heterocycles. The van der Waals surface area contributed by atoms with E-state index >= 15 is 0 Å². The molecule has 0 saturated carbocycles. The molecule has 1 aromatic carbocycles. The largest absolute Gasteiger partial charge is 0.490 e. The van der Waals surface area contributed by atoms with E-state index in [9.17, 15) is 9.59 Å². The number of esters is 1. The maximum atomic E-state index is 12.9. The van der Waals surface area contributed by atoms with Gasteiger partial charge in [-0.3, -0.25) is 4.79 Å². The molecule has 1 aromatic rings. The Morgan fingerprint density at radius 3 is 2.52 bits per heavy atom. The topological polar surface area (TPSA) is 65.1 Å². The van der Waals surface area contributed by atoms with Crippen LogP contribution in [0.3, 0.4) is 0 Å². The third-order valence-corrected chi connectivity index (χ3v) is 4.19. The fourth-order valence-corrected chi connectivity index (χ4v) is 2.85. The van der Waals surface area contributed by atoms with Crippen molar-refractivity contribution in [1.29, 1.82) is 0 Å². The number of nitrogens with zero attached hydrogens (tertiary/aromatic N) is 1. The number of ether oxygens (including phenoxy) is 3. The summed E-state index contributed by atoms with van der Waals surface area (Å²) in [6.45, 7) is 6.80. The monoisotopic (exact) mass is 371 g/mol. The number of carbonyl (C=O) groups excluding carboxylic acids is 2. The second kappa shape index (κ2) is 9.73. The fraction of sp³-hybridized carbons (Fsp3) is 0.333. The number of hydrogen-bond donors (Lipinski definition) is 0. The lowest BCUT2D eigenvalue weighted by Gasteiger charge is -2.17. The molecule has 0 bridgehead atoms. The molecule has 0 spiro atoms. The molecule has 0 fully saturated rings. The van der Waals surface area contributed by atoms with E-state index in [4.69, 9.17) is 14.2 Å². The highest BCUT2D eigenvalue weighted by atomic mass is 16.5. The lowest BCUT2D eigenvalue weighted by molar-refractivity contribution is -0.136. The molecule has 0 unspecified atom stereocenters. The van der Waals surface area contributed by atoms with Gasteiger partial charge >= 0.3 is 5.97 Å². The van der Waals surface area contributed by atoms with Gasteiger partial charge in [0.25, 0.3) is 5.91 Å². The first-order valence-corrected chi connectivity index (χ1v) is 8.69. The molecule has 6 nitrogen and oxygen atoms in total. The van der Waals surface area contributed by atoms with Gasteiger partial charge in [0.2, 0.25) is 0 Å². The standard InChI is InChI=1S/C21H25NO5/c1-5-12-27-17-9-7-16(8-10-17)14-18-19(21(24)26-4)15(2)22(20(18)23)11-6-13-25-3/h5,7-10,14H,1,6,11-13H2,2-4H3/b18-14-. The molecule has 0 aromatic heterocycles. The predicted molar refractivity (Wildman–Crippen MR) is 103 cm³/mol. The summed E-state index contributed by atoms with van der Waals surface area (Å²) in [4.78, 5) is 26.7. The van der Waals surface area contributed by atoms with Crippen molar-refractivity contribution in [2.75, 3.05) is 34.0 Å². The van der Waals surface area contributed by atoms with Gasteiger partial charge in [-0.1, -0.05) is 24.8 Å². The zero-order valence-electron chi connectivity index (χ0n) is 16.0. The number of amides is 1. The van der Waals surface area contributed by atoms with E-state index in [0.29, 0.717) is 48.8 Å². The van der Waals surface area contributed by atoms with E-state index in [1.807, 2.05) is 12.1 Å². The van der Waals surface area contributed by atoms with Gasteiger partial charge in [-0.2, -0.15) is 0 Å². The molecule has 2 rings (SSSR count). The zero-order chi connectivity index (χ0) is 19.8. The molecule has 0 aliphatic carbocycles. The van der Waals surface area contributed by atoms with Gasteiger partial charge in [-0.15, -0.1) is 0 Å². The van der Waals surface area contributed by atoms with Gasteiger partial charge in [0.05, 0.1) is 18.3 Å². The highest BCUT2D eigenvalue weighted by Gasteiger charge is 2.36. The van der Waals surface area contributed by atoms with Crippen LogP contribution >= 0.6 is 0 Å². The molecule has 144 valence electrons. The third-order valence-electron chi connectivity index (χ3n) is 4.19.